The molecule has 1 heterocycles. The van der Waals surface area contributed by atoms with E-state index in [9.17, 15) is 4.79 Å². The third-order valence-electron chi connectivity index (χ3n) is 2.51. The zero-order chi connectivity index (χ0) is 13.8. The van der Waals surface area contributed by atoms with Crippen LogP contribution in [0.25, 0.3) is 10.4 Å². The summed E-state index contributed by atoms with van der Waals surface area (Å²) in [6.45, 7) is 0.566. The van der Waals surface area contributed by atoms with E-state index in [1.807, 2.05) is 24.3 Å². The molecule has 0 N–H and O–H groups in total. The van der Waals surface area contributed by atoms with Gasteiger partial charge in [0.2, 0.25) is 0 Å². The van der Waals surface area contributed by atoms with Gasteiger partial charge in [0.1, 0.15) is 0 Å². The Kier molecular flexibility index (Phi) is 4.68. The highest BCUT2D eigenvalue weighted by Crippen LogP contribution is 2.33. The molecule has 0 bridgehead atoms. The van der Waals surface area contributed by atoms with E-state index in [4.69, 9.17) is 9.47 Å². The van der Waals surface area contributed by atoms with Crippen molar-refractivity contribution in [3.8, 4) is 10.4 Å². The van der Waals surface area contributed by atoms with Crippen molar-refractivity contribution in [3.05, 3.63) is 39.4 Å². The molecule has 0 amide bonds. The summed E-state index contributed by atoms with van der Waals surface area (Å²) in [5.74, 6) is -0.432. The van der Waals surface area contributed by atoms with Gasteiger partial charge in [-0.15, -0.1) is 11.3 Å². The molecular formula is C13H12BrNO3S. The number of benzene rings is 1. The Hall–Kier alpha value is -1.24. The SMILES string of the molecule is COCc1ccc(-c2sc(Br)nc2C(=O)OC)cc1. The van der Waals surface area contributed by atoms with E-state index in [-0.39, 0.29) is 0 Å². The quantitative estimate of drug-likeness (QED) is 0.798. The van der Waals surface area contributed by atoms with Crippen LogP contribution in [0.1, 0.15) is 16.1 Å². The molecular weight excluding hydrogens is 330 g/mol. The van der Waals surface area contributed by atoms with Gasteiger partial charge in [0.25, 0.3) is 0 Å². The van der Waals surface area contributed by atoms with Gasteiger partial charge in [-0.05, 0) is 27.1 Å². The van der Waals surface area contributed by atoms with Crippen molar-refractivity contribution in [2.24, 2.45) is 0 Å². The number of hydrogen-bond donors (Lipinski definition) is 0. The second-order valence-corrected chi connectivity index (χ2v) is 6.04. The van der Waals surface area contributed by atoms with Gasteiger partial charge >= 0.3 is 5.97 Å². The smallest absolute Gasteiger partial charge is 0.358 e. The second kappa shape index (κ2) is 6.27. The molecule has 19 heavy (non-hydrogen) atoms. The van der Waals surface area contributed by atoms with Gasteiger partial charge < -0.3 is 9.47 Å². The number of carbonyl (C=O) groups excluding carboxylic acids is 1. The Morgan fingerprint density at radius 3 is 2.58 bits per heavy atom. The van der Waals surface area contributed by atoms with E-state index in [0.717, 1.165) is 16.0 Å². The number of hydrogen-bond acceptors (Lipinski definition) is 5. The molecule has 6 heteroatoms. The standard InChI is InChI=1S/C13H12BrNO3S/c1-17-7-8-3-5-9(6-4-8)11-10(12(16)18-2)15-13(14)19-11/h3-6H,7H2,1-2H3. The third kappa shape index (κ3) is 3.20. The van der Waals surface area contributed by atoms with E-state index in [1.54, 1.807) is 7.11 Å². The molecule has 1 aromatic carbocycles. The van der Waals surface area contributed by atoms with Crippen molar-refractivity contribution >= 4 is 33.2 Å². The maximum Gasteiger partial charge on any atom is 0.358 e. The number of thiazole rings is 1. The molecule has 0 aliphatic carbocycles. The van der Waals surface area contributed by atoms with Gasteiger partial charge in [-0.3, -0.25) is 0 Å². The van der Waals surface area contributed by atoms with Crippen molar-refractivity contribution in [1.82, 2.24) is 4.98 Å². The summed E-state index contributed by atoms with van der Waals surface area (Å²) in [6, 6.07) is 7.82. The molecule has 0 atom stereocenters. The normalized spacial score (nSPS) is 10.5. The summed E-state index contributed by atoms with van der Waals surface area (Å²) in [6.07, 6.45) is 0. The molecule has 100 valence electrons. The van der Waals surface area contributed by atoms with Crippen LogP contribution in [-0.4, -0.2) is 25.2 Å². The zero-order valence-corrected chi connectivity index (χ0v) is 12.9. The van der Waals surface area contributed by atoms with Gasteiger partial charge in [0, 0.05) is 7.11 Å². The minimum Gasteiger partial charge on any atom is -0.464 e. The van der Waals surface area contributed by atoms with Crippen LogP contribution in [0.4, 0.5) is 0 Å². The summed E-state index contributed by atoms with van der Waals surface area (Å²) in [5.41, 5.74) is 2.34. The van der Waals surface area contributed by atoms with E-state index in [2.05, 4.69) is 20.9 Å². The van der Waals surface area contributed by atoms with E-state index < -0.39 is 5.97 Å². The number of rotatable bonds is 4. The first-order chi connectivity index (χ1) is 9.15. The van der Waals surface area contributed by atoms with Crippen LogP contribution < -0.4 is 0 Å². The van der Waals surface area contributed by atoms with Crippen LogP contribution in [0.2, 0.25) is 0 Å². The van der Waals surface area contributed by atoms with Crippen LogP contribution in [-0.2, 0) is 16.1 Å². The third-order valence-corrected chi connectivity index (χ3v) is 4.06. The summed E-state index contributed by atoms with van der Waals surface area (Å²) in [5, 5.41) is 0. The molecule has 0 fully saturated rings. The van der Waals surface area contributed by atoms with Crippen molar-refractivity contribution in [2.75, 3.05) is 14.2 Å². The lowest BCUT2D eigenvalue weighted by Gasteiger charge is -2.03. The van der Waals surface area contributed by atoms with Crippen molar-refractivity contribution in [3.63, 3.8) is 0 Å². The van der Waals surface area contributed by atoms with E-state index >= 15 is 0 Å². The highest BCUT2D eigenvalue weighted by Gasteiger charge is 2.19. The Balaban J connectivity index is 2.38. The monoisotopic (exact) mass is 341 g/mol. The number of esters is 1. The molecule has 2 aromatic rings. The van der Waals surface area contributed by atoms with Crippen LogP contribution in [0, 0.1) is 0 Å². The lowest BCUT2D eigenvalue weighted by molar-refractivity contribution is 0.0595. The van der Waals surface area contributed by atoms with Crippen LogP contribution in [0.3, 0.4) is 0 Å². The molecule has 1 aromatic heterocycles. The number of methoxy groups -OCH3 is 2. The molecule has 0 saturated carbocycles. The Morgan fingerprint density at radius 2 is 2.00 bits per heavy atom. The predicted molar refractivity (Wildman–Crippen MR) is 77.3 cm³/mol. The molecule has 4 nitrogen and oxygen atoms in total. The zero-order valence-electron chi connectivity index (χ0n) is 10.5. The number of halogens is 1. The average molecular weight is 342 g/mol. The Bertz CT molecular complexity index is 580. The first-order valence-corrected chi connectivity index (χ1v) is 7.09. The summed E-state index contributed by atoms with van der Waals surface area (Å²) < 4.78 is 10.5. The van der Waals surface area contributed by atoms with E-state index in [0.29, 0.717) is 16.2 Å². The minimum absolute atomic E-state index is 0.332. The minimum atomic E-state index is -0.432. The summed E-state index contributed by atoms with van der Waals surface area (Å²) in [4.78, 5) is 16.6. The number of carbonyl (C=O) groups is 1. The fraction of sp³-hybridized carbons (Fsp3) is 0.231. The van der Waals surface area contributed by atoms with Crippen molar-refractivity contribution in [1.29, 1.82) is 0 Å². The Labute approximate surface area is 123 Å². The fourth-order valence-electron chi connectivity index (χ4n) is 1.64. The maximum absolute atomic E-state index is 11.7. The number of nitrogens with zero attached hydrogens (tertiary/aromatic N) is 1. The summed E-state index contributed by atoms with van der Waals surface area (Å²) in [7, 11) is 3.00. The molecule has 0 aliphatic rings. The van der Waals surface area contributed by atoms with Crippen LogP contribution >= 0.6 is 27.3 Å². The lowest BCUT2D eigenvalue weighted by Crippen LogP contribution is -2.03. The first kappa shape index (κ1) is 14.2. The highest BCUT2D eigenvalue weighted by atomic mass is 79.9. The molecule has 0 saturated heterocycles. The van der Waals surface area contributed by atoms with Crippen molar-refractivity contribution < 1.29 is 14.3 Å². The second-order valence-electron chi connectivity index (χ2n) is 3.77. The molecule has 0 spiro atoms. The van der Waals surface area contributed by atoms with Crippen molar-refractivity contribution in [2.45, 2.75) is 6.61 Å². The first-order valence-electron chi connectivity index (χ1n) is 5.48. The van der Waals surface area contributed by atoms with Gasteiger partial charge in [0.15, 0.2) is 9.61 Å². The molecule has 0 radical (unpaired) electrons. The predicted octanol–water partition coefficient (Wildman–Crippen LogP) is 3.51. The molecule has 0 unspecified atom stereocenters. The molecule has 2 rings (SSSR count). The number of ether oxygens (including phenoxy) is 2. The average Bonchev–Trinajstić information content (AvgIpc) is 2.81. The highest BCUT2D eigenvalue weighted by molar-refractivity contribution is 9.11. The lowest BCUT2D eigenvalue weighted by atomic mass is 10.1. The van der Waals surface area contributed by atoms with Gasteiger partial charge in [0.05, 0.1) is 18.6 Å². The van der Waals surface area contributed by atoms with E-state index in [1.165, 1.54) is 18.4 Å². The maximum atomic E-state index is 11.7. The van der Waals surface area contributed by atoms with Gasteiger partial charge in [-0.1, -0.05) is 24.3 Å². The largest absolute Gasteiger partial charge is 0.464 e. The molecule has 0 aliphatic heterocycles. The van der Waals surface area contributed by atoms with Gasteiger partial charge in [-0.2, -0.15) is 0 Å². The van der Waals surface area contributed by atoms with Gasteiger partial charge in [-0.25, -0.2) is 9.78 Å². The number of aromatic nitrogens is 1. The fourth-order valence-corrected chi connectivity index (χ4v) is 3.09. The topological polar surface area (TPSA) is 48.4 Å². The van der Waals surface area contributed by atoms with Crippen LogP contribution in [0.15, 0.2) is 28.2 Å². The Morgan fingerprint density at radius 1 is 1.32 bits per heavy atom. The van der Waals surface area contributed by atoms with Crippen LogP contribution in [0.5, 0.6) is 0 Å². The summed E-state index contributed by atoms with van der Waals surface area (Å²) >= 11 is 4.70.